The van der Waals surface area contributed by atoms with Gasteiger partial charge in [0.05, 0.1) is 10.9 Å². The zero-order valence-corrected chi connectivity index (χ0v) is 11.0. The number of aromatic nitrogens is 3. The molecule has 0 amide bonds. The van der Waals surface area contributed by atoms with E-state index < -0.39 is 0 Å². The Balaban J connectivity index is 2.65. The second-order valence-corrected chi connectivity index (χ2v) is 4.67. The molecule has 1 N–H and O–H groups in total. The van der Waals surface area contributed by atoms with Crippen molar-refractivity contribution in [3.8, 4) is 6.07 Å². The summed E-state index contributed by atoms with van der Waals surface area (Å²) >= 11 is 0. The summed E-state index contributed by atoms with van der Waals surface area (Å²) < 4.78 is 2.91. The summed E-state index contributed by atoms with van der Waals surface area (Å²) in [5.74, 6) is 0. The third kappa shape index (κ3) is 1.53. The number of nitriles is 1. The van der Waals surface area contributed by atoms with Crippen molar-refractivity contribution in [1.29, 1.82) is 10.7 Å². The summed E-state index contributed by atoms with van der Waals surface area (Å²) in [5.41, 5.74) is 1.84. The number of hydrogen-bond acceptors (Lipinski definition) is 4. The highest BCUT2D eigenvalue weighted by molar-refractivity contribution is 5.77. The number of nitrogens with zero attached hydrogens (tertiary/aromatic N) is 4. The SMILES string of the molecule is Cc1ccc2nc3c(cc(C#N)c(=N)n3C)c(=O)n2c1. The molecular weight excluding hydrogens is 254 g/mol. The molecule has 0 aliphatic heterocycles. The van der Waals surface area contributed by atoms with Crippen molar-refractivity contribution < 1.29 is 0 Å². The van der Waals surface area contributed by atoms with Gasteiger partial charge in [-0.05, 0) is 24.6 Å². The van der Waals surface area contributed by atoms with Crippen LogP contribution >= 0.6 is 0 Å². The van der Waals surface area contributed by atoms with Gasteiger partial charge in [0.2, 0.25) is 0 Å². The van der Waals surface area contributed by atoms with Crippen LogP contribution in [0, 0.1) is 23.7 Å². The summed E-state index contributed by atoms with van der Waals surface area (Å²) in [4.78, 5) is 16.9. The van der Waals surface area contributed by atoms with Crippen LogP contribution in [0.3, 0.4) is 0 Å². The zero-order valence-electron chi connectivity index (χ0n) is 11.0. The van der Waals surface area contributed by atoms with Gasteiger partial charge in [-0.15, -0.1) is 0 Å². The van der Waals surface area contributed by atoms with Gasteiger partial charge >= 0.3 is 0 Å². The van der Waals surface area contributed by atoms with Crippen LogP contribution in [0.2, 0.25) is 0 Å². The second kappa shape index (κ2) is 4.03. The van der Waals surface area contributed by atoms with Gasteiger partial charge in [-0.25, -0.2) is 4.98 Å². The van der Waals surface area contributed by atoms with Crippen molar-refractivity contribution in [2.75, 3.05) is 0 Å². The summed E-state index contributed by atoms with van der Waals surface area (Å²) in [5, 5.41) is 17.3. The van der Waals surface area contributed by atoms with Gasteiger partial charge in [0, 0.05) is 13.2 Å². The molecule has 3 aromatic heterocycles. The van der Waals surface area contributed by atoms with Gasteiger partial charge in [-0.2, -0.15) is 5.26 Å². The fraction of sp³-hybridized carbons (Fsp3) is 0.143. The quantitative estimate of drug-likeness (QED) is 0.611. The third-order valence-corrected chi connectivity index (χ3v) is 3.30. The van der Waals surface area contributed by atoms with E-state index >= 15 is 0 Å². The Morgan fingerprint density at radius 3 is 2.85 bits per heavy atom. The van der Waals surface area contributed by atoms with Crippen molar-refractivity contribution in [2.45, 2.75) is 6.92 Å². The summed E-state index contributed by atoms with van der Waals surface area (Å²) in [6, 6.07) is 7.00. The van der Waals surface area contributed by atoms with Crippen LogP contribution < -0.4 is 11.0 Å². The predicted molar refractivity (Wildman–Crippen MR) is 73.2 cm³/mol. The molecule has 0 saturated carbocycles. The Labute approximate surface area is 113 Å². The smallest absolute Gasteiger partial charge is 0.267 e. The minimum Gasteiger partial charge on any atom is -0.313 e. The molecule has 3 heterocycles. The van der Waals surface area contributed by atoms with E-state index in [1.807, 2.05) is 19.1 Å². The maximum atomic E-state index is 12.5. The highest BCUT2D eigenvalue weighted by Gasteiger charge is 2.11. The molecule has 0 saturated heterocycles. The van der Waals surface area contributed by atoms with Crippen LogP contribution in [0.5, 0.6) is 0 Å². The van der Waals surface area contributed by atoms with E-state index in [0.717, 1.165) is 5.56 Å². The first-order valence-corrected chi connectivity index (χ1v) is 6.00. The van der Waals surface area contributed by atoms with Crippen molar-refractivity contribution in [2.24, 2.45) is 7.05 Å². The maximum Gasteiger partial charge on any atom is 0.267 e. The van der Waals surface area contributed by atoms with Gasteiger partial charge in [0.25, 0.3) is 5.56 Å². The van der Waals surface area contributed by atoms with E-state index in [1.165, 1.54) is 15.0 Å². The van der Waals surface area contributed by atoms with Gasteiger partial charge in [0.15, 0.2) is 0 Å². The van der Waals surface area contributed by atoms with Gasteiger partial charge in [-0.3, -0.25) is 14.6 Å². The van der Waals surface area contributed by atoms with E-state index in [1.54, 1.807) is 19.3 Å². The van der Waals surface area contributed by atoms with Crippen LogP contribution in [0.4, 0.5) is 0 Å². The van der Waals surface area contributed by atoms with Gasteiger partial charge in [-0.1, -0.05) is 6.07 Å². The molecule has 3 rings (SSSR count). The van der Waals surface area contributed by atoms with Crippen molar-refractivity contribution in [1.82, 2.24) is 14.0 Å². The Kier molecular flexibility index (Phi) is 2.44. The first-order valence-electron chi connectivity index (χ1n) is 6.00. The van der Waals surface area contributed by atoms with Crippen LogP contribution in [-0.4, -0.2) is 14.0 Å². The topological polar surface area (TPSA) is 86.9 Å². The van der Waals surface area contributed by atoms with E-state index in [-0.39, 0.29) is 16.6 Å². The largest absolute Gasteiger partial charge is 0.313 e. The summed E-state index contributed by atoms with van der Waals surface area (Å²) in [6.45, 7) is 1.89. The molecule has 98 valence electrons. The van der Waals surface area contributed by atoms with Crippen molar-refractivity contribution in [3.05, 3.63) is 51.4 Å². The molecule has 20 heavy (non-hydrogen) atoms. The molecule has 6 nitrogen and oxygen atoms in total. The maximum absolute atomic E-state index is 12.5. The Bertz CT molecular complexity index is 1020. The van der Waals surface area contributed by atoms with Crippen LogP contribution in [0.1, 0.15) is 11.1 Å². The molecule has 0 atom stereocenters. The average molecular weight is 265 g/mol. The number of hydrogen-bond donors (Lipinski definition) is 1. The van der Waals surface area contributed by atoms with E-state index in [0.29, 0.717) is 16.7 Å². The number of nitrogens with one attached hydrogen (secondary N) is 1. The fourth-order valence-corrected chi connectivity index (χ4v) is 2.21. The lowest BCUT2D eigenvalue weighted by molar-refractivity contribution is 0.833. The summed E-state index contributed by atoms with van der Waals surface area (Å²) in [7, 11) is 1.63. The number of rotatable bonds is 0. The zero-order chi connectivity index (χ0) is 14.4. The van der Waals surface area contributed by atoms with E-state index in [4.69, 9.17) is 10.7 Å². The third-order valence-electron chi connectivity index (χ3n) is 3.30. The molecule has 0 radical (unpaired) electrons. The van der Waals surface area contributed by atoms with Crippen LogP contribution in [0.25, 0.3) is 16.7 Å². The molecular formula is C14H11N5O. The molecule has 3 aromatic rings. The Morgan fingerprint density at radius 1 is 1.40 bits per heavy atom. The van der Waals surface area contributed by atoms with Crippen LogP contribution in [-0.2, 0) is 7.05 Å². The van der Waals surface area contributed by atoms with Crippen LogP contribution in [0.15, 0.2) is 29.2 Å². The normalized spacial score (nSPS) is 10.8. The second-order valence-electron chi connectivity index (χ2n) is 4.67. The van der Waals surface area contributed by atoms with E-state index in [2.05, 4.69) is 4.98 Å². The molecule has 0 aromatic carbocycles. The predicted octanol–water partition coefficient (Wildman–Crippen LogP) is 0.846. The minimum atomic E-state index is -0.235. The molecule has 0 spiro atoms. The first kappa shape index (κ1) is 12.1. The minimum absolute atomic E-state index is 0.0448. The highest BCUT2D eigenvalue weighted by atomic mass is 16.1. The first-order chi connectivity index (χ1) is 9.52. The molecule has 0 fully saturated rings. The number of fused-ring (bicyclic) bond motifs is 2. The lowest BCUT2D eigenvalue weighted by Gasteiger charge is -2.08. The van der Waals surface area contributed by atoms with Gasteiger partial charge < -0.3 is 4.57 Å². The highest BCUT2D eigenvalue weighted by Crippen LogP contribution is 2.09. The molecule has 0 unspecified atom stereocenters. The number of aryl methyl sites for hydroxylation is 2. The fourth-order valence-electron chi connectivity index (χ4n) is 2.21. The van der Waals surface area contributed by atoms with E-state index in [9.17, 15) is 4.79 Å². The summed E-state index contributed by atoms with van der Waals surface area (Å²) in [6.07, 6.45) is 1.71. The standard InChI is InChI=1S/C14H11N5O/c1-8-3-4-11-17-13-10(14(20)19(11)7-8)5-9(6-15)12(16)18(13)2/h3-5,7,16H,1-2H3. The molecule has 0 bridgehead atoms. The van der Waals surface area contributed by atoms with Gasteiger partial charge in [0.1, 0.15) is 22.9 Å². The number of pyridine rings is 2. The average Bonchev–Trinajstić information content (AvgIpc) is 2.44. The van der Waals surface area contributed by atoms with Crippen molar-refractivity contribution in [3.63, 3.8) is 0 Å². The Morgan fingerprint density at radius 2 is 2.15 bits per heavy atom. The van der Waals surface area contributed by atoms with Crippen molar-refractivity contribution >= 4 is 16.7 Å². The monoisotopic (exact) mass is 265 g/mol. The lowest BCUT2D eigenvalue weighted by Crippen LogP contribution is -2.25. The lowest BCUT2D eigenvalue weighted by atomic mass is 10.2. The Hall–Kier alpha value is -2.94. The molecule has 0 aliphatic carbocycles. The molecule has 0 aliphatic rings. The molecule has 6 heteroatoms.